The van der Waals surface area contributed by atoms with Gasteiger partial charge in [0.25, 0.3) is 0 Å². The Kier molecular flexibility index (Phi) is 3.03. The number of benzene rings is 1. The van der Waals surface area contributed by atoms with Gasteiger partial charge in [-0.05, 0) is 24.6 Å². The van der Waals surface area contributed by atoms with Gasteiger partial charge in [-0.2, -0.15) is 0 Å². The molecule has 0 aromatic heterocycles. The molecule has 0 bridgehead atoms. The summed E-state index contributed by atoms with van der Waals surface area (Å²) in [5.74, 6) is 0.483. The quantitative estimate of drug-likeness (QED) is 0.715. The Bertz CT molecular complexity index is 318. The lowest BCUT2D eigenvalue weighted by Gasteiger charge is -2.06. The Morgan fingerprint density at radius 3 is 2.69 bits per heavy atom. The molecule has 0 heterocycles. The third kappa shape index (κ3) is 2.06. The molecule has 13 heavy (non-hydrogen) atoms. The second kappa shape index (κ2) is 4.05. The molecule has 0 amide bonds. The number of Topliss-reactive ketones (excluding diaryl/α,β-unsaturated/α-hetero) is 1. The highest BCUT2D eigenvalue weighted by Crippen LogP contribution is 2.20. The van der Waals surface area contributed by atoms with Crippen LogP contribution in [0.4, 0.5) is 0 Å². The van der Waals surface area contributed by atoms with Crippen molar-refractivity contribution in [3.63, 3.8) is 0 Å². The highest BCUT2D eigenvalue weighted by atomic mass is 16.5. The number of hydrogen-bond donors (Lipinski definition) is 1. The Morgan fingerprint density at radius 2 is 2.23 bits per heavy atom. The molecule has 0 fully saturated rings. The van der Waals surface area contributed by atoms with Crippen LogP contribution in [0.25, 0.3) is 0 Å². The number of methoxy groups -OCH3 is 1. The zero-order chi connectivity index (χ0) is 9.84. The molecule has 0 unspecified atom stereocenters. The molecule has 1 rings (SSSR count). The number of aliphatic hydroxyl groups is 1. The van der Waals surface area contributed by atoms with Crippen molar-refractivity contribution in [1.29, 1.82) is 0 Å². The van der Waals surface area contributed by atoms with E-state index in [0.717, 1.165) is 0 Å². The first-order valence-electron chi connectivity index (χ1n) is 3.97. The molecule has 0 aliphatic heterocycles. The van der Waals surface area contributed by atoms with Crippen molar-refractivity contribution < 1.29 is 14.6 Å². The number of ether oxygens (including phenoxy) is 1. The van der Waals surface area contributed by atoms with Crippen LogP contribution >= 0.6 is 0 Å². The van der Waals surface area contributed by atoms with Crippen LogP contribution in [0.5, 0.6) is 5.75 Å². The summed E-state index contributed by atoms with van der Waals surface area (Å²) >= 11 is 0. The van der Waals surface area contributed by atoms with Crippen LogP contribution in [-0.4, -0.2) is 18.0 Å². The summed E-state index contributed by atoms with van der Waals surface area (Å²) in [6.45, 7) is 1.41. The predicted octanol–water partition coefficient (Wildman–Crippen LogP) is 1.39. The lowest BCUT2D eigenvalue weighted by molar-refractivity contribution is 0.101. The SMILES string of the molecule is COc1ccc(CO)cc1C(C)=O. The summed E-state index contributed by atoms with van der Waals surface area (Å²) in [5.41, 5.74) is 1.22. The Hall–Kier alpha value is -1.35. The van der Waals surface area contributed by atoms with Crippen LogP contribution < -0.4 is 4.74 Å². The van der Waals surface area contributed by atoms with Crippen molar-refractivity contribution in [3.8, 4) is 5.75 Å². The first-order chi connectivity index (χ1) is 6.19. The van der Waals surface area contributed by atoms with Crippen molar-refractivity contribution in [3.05, 3.63) is 29.3 Å². The standard InChI is InChI=1S/C10H12O3/c1-7(12)9-5-8(6-11)3-4-10(9)13-2/h3-5,11H,6H2,1-2H3. The first-order valence-corrected chi connectivity index (χ1v) is 3.97. The lowest BCUT2D eigenvalue weighted by atomic mass is 10.1. The van der Waals surface area contributed by atoms with E-state index in [0.29, 0.717) is 16.9 Å². The molecule has 1 N–H and O–H groups in total. The fourth-order valence-corrected chi connectivity index (χ4v) is 1.13. The molecule has 0 saturated carbocycles. The van der Waals surface area contributed by atoms with Gasteiger partial charge >= 0.3 is 0 Å². The zero-order valence-corrected chi connectivity index (χ0v) is 7.70. The van der Waals surface area contributed by atoms with Gasteiger partial charge in [-0.3, -0.25) is 4.79 Å². The highest BCUT2D eigenvalue weighted by molar-refractivity contribution is 5.97. The van der Waals surface area contributed by atoms with E-state index in [9.17, 15) is 4.79 Å². The number of carbonyl (C=O) groups is 1. The lowest BCUT2D eigenvalue weighted by Crippen LogP contribution is -1.98. The first kappa shape index (κ1) is 9.74. The van der Waals surface area contributed by atoms with Crippen LogP contribution in [0, 0.1) is 0 Å². The van der Waals surface area contributed by atoms with E-state index in [2.05, 4.69) is 0 Å². The molecular formula is C10H12O3. The smallest absolute Gasteiger partial charge is 0.163 e. The summed E-state index contributed by atoms with van der Waals surface area (Å²) in [7, 11) is 1.51. The van der Waals surface area contributed by atoms with Crippen LogP contribution in [0.2, 0.25) is 0 Å². The third-order valence-corrected chi connectivity index (χ3v) is 1.83. The zero-order valence-electron chi connectivity index (χ0n) is 7.70. The second-order valence-corrected chi connectivity index (χ2v) is 2.75. The van der Waals surface area contributed by atoms with Crippen molar-refractivity contribution >= 4 is 5.78 Å². The molecule has 1 aromatic carbocycles. The predicted molar refractivity (Wildman–Crippen MR) is 48.9 cm³/mol. The molecule has 70 valence electrons. The van der Waals surface area contributed by atoms with Crippen molar-refractivity contribution in [2.45, 2.75) is 13.5 Å². The van der Waals surface area contributed by atoms with Gasteiger partial charge in [-0.1, -0.05) is 6.07 Å². The summed E-state index contributed by atoms with van der Waals surface area (Å²) in [4.78, 5) is 11.1. The van der Waals surface area contributed by atoms with Gasteiger partial charge in [-0.15, -0.1) is 0 Å². The number of ketones is 1. The molecule has 0 aliphatic rings. The van der Waals surface area contributed by atoms with Gasteiger partial charge in [0.1, 0.15) is 5.75 Å². The molecule has 0 spiro atoms. The summed E-state index contributed by atoms with van der Waals surface area (Å²) in [6.07, 6.45) is 0. The van der Waals surface area contributed by atoms with Gasteiger partial charge in [0.05, 0.1) is 19.3 Å². The van der Waals surface area contributed by atoms with Gasteiger partial charge in [0, 0.05) is 0 Å². The van der Waals surface area contributed by atoms with Crippen LogP contribution in [-0.2, 0) is 6.61 Å². The molecular weight excluding hydrogens is 168 g/mol. The minimum Gasteiger partial charge on any atom is -0.496 e. The van der Waals surface area contributed by atoms with Gasteiger partial charge in [-0.25, -0.2) is 0 Å². The van der Waals surface area contributed by atoms with Crippen LogP contribution in [0.15, 0.2) is 18.2 Å². The molecule has 1 aromatic rings. The van der Waals surface area contributed by atoms with Crippen molar-refractivity contribution in [2.24, 2.45) is 0 Å². The normalized spacial score (nSPS) is 9.77. The minimum atomic E-state index is -0.0652. The molecule has 0 radical (unpaired) electrons. The van der Waals surface area contributed by atoms with Gasteiger partial charge in [0.15, 0.2) is 5.78 Å². The van der Waals surface area contributed by atoms with Crippen molar-refractivity contribution in [1.82, 2.24) is 0 Å². The van der Waals surface area contributed by atoms with Gasteiger partial charge < -0.3 is 9.84 Å². The van der Waals surface area contributed by atoms with Crippen LogP contribution in [0.3, 0.4) is 0 Å². The Labute approximate surface area is 77.0 Å². The maximum atomic E-state index is 11.1. The van der Waals surface area contributed by atoms with E-state index in [1.807, 2.05) is 0 Å². The highest BCUT2D eigenvalue weighted by Gasteiger charge is 2.07. The summed E-state index contributed by atoms with van der Waals surface area (Å²) < 4.78 is 5.00. The van der Waals surface area contributed by atoms with Crippen LogP contribution in [0.1, 0.15) is 22.8 Å². The monoisotopic (exact) mass is 180 g/mol. The Balaban J connectivity index is 3.18. The topological polar surface area (TPSA) is 46.5 Å². The Morgan fingerprint density at radius 1 is 1.54 bits per heavy atom. The van der Waals surface area contributed by atoms with E-state index in [4.69, 9.17) is 9.84 Å². The van der Waals surface area contributed by atoms with E-state index in [1.54, 1.807) is 18.2 Å². The number of hydrogen-bond acceptors (Lipinski definition) is 3. The average Bonchev–Trinajstić information content (AvgIpc) is 2.16. The van der Waals surface area contributed by atoms with E-state index in [-0.39, 0.29) is 12.4 Å². The molecule has 3 nitrogen and oxygen atoms in total. The molecule has 0 atom stereocenters. The second-order valence-electron chi connectivity index (χ2n) is 2.75. The van der Waals surface area contributed by atoms with E-state index >= 15 is 0 Å². The molecule has 0 aliphatic carbocycles. The molecule has 3 heteroatoms. The minimum absolute atomic E-state index is 0.0628. The summed E-state index contributed by atoms with van der Waals surface area (Å²) in [5, 5.41) is 8.86. The number of aliphatic hydroxyl groups excluding tert-OH is 1. The maximum absolute atomic E-state index is 11.1. The van der Waals surface area contributed by atoms with E-state index < -0.39 is 0 Å². The average molecular weight is 180 g/mol. The largest absolute Gasteiger partial charge is 0.496 e. The van der Waals surface area contributed by atoms with E-state index in [1.165, 1.54) is 14.0 Å². The van der Waals surface area contributed by atoms with Gasteiger partial charge in [0.2, 0.25) is 0 Å². The van der Waals surface area contributed by atoms with Crippen molar-refractivity contribution in [2.75, 3.05) is 7.11 Å². The fraction of sp³-hybridized carbons (Fsp3) is 0.300. The fourth-order valence-electron chi connectivity index (χ4n) is 1.13. The number of rotatable bonds is 3. The maximum Gasteiger partial charge on any atom is 0.163 e. The summed E-state index contributed by atoms with van der Waals surface area (Å²) in [6, 6.07) is 5.05. The number of carbonyl (C=O) groups excluding carboxylic acids is 1. The third-order valence-electron chi connectivity index (χ3n) is 1.83. The molecule has 0 saturated heterocycles.